The molecule has 4 aromatic carbocycles. The fraction of sp³-hybridized carbons (Fsp3) is 0.386. The van der Waals surface area contributed by atoms with E-state index in [0.29, 0.717) is 55.0 Å². The zero-order valence-corrected chi connectivity index (χ0v) is 84.1. The third kappa shape index (κ3) is 25.6. The molecule has 7 fully saturated rings. The van der Waals surface area contributed by atoms with Gasteiger partial charge in [0.05, 0.1) is 43.0 Å². The van der Waals surface area contributed by atoms with Crippen LogP contribution in [-0.2, 0) is 127 Å². The number of halogens is 4. The number of carbonyl (C=O) groups excluding carboxylic acids is 7. The number of imide groups is 1. The van der Waals surface area contributed by atoms with Crippen molar-refractivity contribution in [3.8, 4) is 28.7 Å². The first-order chi connectivity index (χ1) is 68.1. The van der Waals surface area contributed by atoms with Crippen molar-refractivity contribution in [3.05, 3.63) is 233 Å². The molecule has 12 N–H and O–H groups in total. The second-order valence-corrected chi connectivity index (χ2v) is 50.9. The summed E-state index contributed by atoms with van der Waals surface area (Å²) in [6.45, 7) is 9.27. The Labute approximate surface area is 823 Å². The number of rotatable bonds is 22. The van der Waals surface area contributed by atoms with Gasteiger partial charge < -0.3 is 112 Å². The molecule has 11 heterocycles. The maximum atomic E-state index is 15.0. The molecule has 7 saturated heterocycles. The number of cyclic esters (lactones) is 1. The molecule has 7 aliphatic rings. The Morgan fingerprint density at radius 1 is 0.432 bits per heavy atom. The van der Waals surface area contributed by atoms with E-state index in [1.54, 1.807) is 13.8 Å². The molecule has 8 aromatic rings. The SMILES string of the molecule is CC(=O)OCC1CCCN1C(=O)Oc1cc(F)c(C2OP(=O)(O)C(O)(Cc3cccnc3)P(=O)(O)O2)c(F)c1.CC(=O)OCC1CCCN1C(=O)Oc1ccc(C2OP(=O)(O)C(O)(Cc3cccnc3)P(=O)(O)O2)cc1.CC1(C)CN(C(=O)Oc2cc(F)c(C3OP(=O)(O)C(O)(Cc4cccnc4)P(=O)(O)O3)c(F)c2)C(=O)O1.COc1cc(C2OP(=O)(O)C(O)(Cc3cccnc3)P(=O)(O)O2)ccc1OC(=O)OC(C)C. The quantitative estimate of drug-likeness (QED) is 0.00985. The summed E-state index contributed by atoms with van der Waals surface area (Å²) in [7, 11) is -41.3. The van der Waals surface area contributed by atoms with Gasteiger partial charge in [-0.15, -0.1) is 0 Å². The minimum atomic E-state index is -5.51. The van der Waals surface area contributed by atoms with Gasteiger partial charge in [0, 0.05) is 138 Å². The van der Waals surface area contributed by atoms with E-state index in [9.17, 15) is 147 Å². The van der Waals surface area contributed by atoms with Gasteiger partial charge in [-0.25, -0.2) is 46.4 Å². The van der Waals surface area contributed by atoms with E-state index in [1.165, 1.54) is 173 Å². The van der Waals surface area contributed by atoms with E-state index in [4.69, 9.17) is 78.8 Å². The Bertz CT molecular complexity index is 6480. The number of hydrogen-bond acceptors (Lipinski definition) is 40. The molecule has 0 aliphatic carbocycles. The molecule has 10 unspecified atom stereocenters. The number of nitrogens with zero attached hydrogens (tertiary/aromatic N) is 7. The average molecular weight is 2220 g/mol. The number of ether oxygens (including phenoxy) is 9. The lowest BCUT2D eigenvalue weighted by Gasteiger charge is -2.41. The van der Waals surface area contributed by atoms with E-state index >= 15 is 0 Å². The van der Waals surface area contributed by atoms with Crippen LogP contribution in [0.3, 0.4) is 0 Å². The highest BCUT2D eigenvalue weighted by Crippen LogP contribution is 2.83. The van der Waals surface area contributed by atoms with Crippen molar-refractivity contribution < 1.29 is 226 Å². The van der Waals surface area contributed by atoms with E-state index in [-0.39, 0.29) is 83.0 Å². The van der Waals surface area contributed by atoms with Crippen molar-refractivity contribution in [2.75, 3.05) is 40.0 Å². The van der Waals surface area contributed by atoms with Crippen LogP contribution in [0.4, 0.5) is 41.5 Å². The largest absolute Gasteiger partial charge is 0.514 e. The Hall–Kier alpha value is -10.5. The number of pyridine rings is 4. The van der Waals surface area contributed by atoms with E-state index < -0.39 is 238 Å². The van der Waals surface area contributed by atoms with Crippen molar-refractivity contribution in [2.24, 2.45) is 0 Å². The van der Waals surface area contributed by atoms with Crippen LogP contribution in [0.2, 0.25) is 0 Å². The Morgan fingerprint density at radius 2 is 0.747 bits per heavy atom. The van der Waals surface area contributed by atoms with Crippen LogP contribution in [0.1, 0.15) is 137 Å². The fourth-order valence-electron chi connectivity index (χ4n) is 14.7. The number of methoxy groups -OCH3 is 1. The maximum Gasteiger partial charge on any atom is 0.514 e. The Morgan fingerprint density at radius 3 is 1.05 bits per heavy atom. The first kappa shape index (κ1) is 114. The average Bonchev–Trinajstić information content (AvgIpc) is 0.794. The van der Waals surface area contributed by atoms with Gasteiger partial charge >= 0.3 is 103 Å². The molecule has 63 heteroatoms. The monoisotopic (exact) mass is 2220 g/mol. The van der Waals surface area contributed by atoms with Crippen molar-refractivity contribution in [2.45, 2.75) is 162 Å². The molecule has 4 amide bonds. The minimum absolute atomic E-state index is 0.0107. The summed E-state index contributed by atoms with van der Waals surface area (Å²) in [5.41, 5.74) is -2.77. The molecule has 146 heavy (non-hydrogen) atoms. The van der Waals surface area contributed by atoms with Crippen molar-refractivity contribution >= 4 is 103 Å². The molecule has 0 radical (unpaired) electrons. The first-order valence-corrected chi connectivity index (χ1v) is 55.4. The second kappa shape index (κ2) is 45.1. The van der Waals surface area contributed by atoms with Gasteiger partial charge in [0.1, 0.15) is 59.3 Å². The highest BCUT2D eigenvalue weighted by Gasteiger charge is 2.72. The smallest absolute Gasteiger partial charge is 0.493 e. The van der Waals surface area contributed by atoms with Gasteiger partial charge in [0.25, 0.3) is 20.3 Å². The number of likely N-dealkylation sites (tertiary alicyclic amines) is 2. The summed E-state index contributed by atoms with van der Waals surface area (Å²) >= 11 is 0. The topological polar surface area (TPSA) is 717 Å². The van der Waals surface area contributed by atoms with Gasteiger partial charge in [0.15, 0.2) is 11.5 Å². The van der Waals surface area contributed by atoms with Crippen LogP contribution >= 0.6 is 60.8 Å². The minimum Gasteiger partial charge on any atom is -0.493 e. The molecule has 7 aliphatic heterocycles. The molecule has 0 bridgehead atoms. The van der Waals surface area contributed by atoms with Crippen LogP contribution in [0.15, 0.2) is 165 Å². The summed E-state index contributed by atoms with van der Waals surface area (Å²) in [6.07, 6.45) is -4.34. The third-order valence-corrected chi connectivity index (χ3v) is 40.4. The van der Waals surface area contributed by atoms with E-state index in [2.05, 4.69) is 19.9 Å². The molecule has 792 valence electrons. The zero-order chi connectivity index (χ0) is 107. The van der Waals surface area contributed by atoms with Gasteiger partial charge in [-0.1, -0.05) is 36.4 Å². The molecular weight excluding hydrogens is 2120 g/mol. The normalized spacial score (nSPS) is 30.8. The number of carbonyl (C=O) groups is 7. The van der Waals surface area contributed by atoms with Gasteiger partial charge in [-0.2, -0.15) is 0 Å². The summed E-state index contributed by atoms with van der Waals surface area (Å²) in [5.74, 6) is -8.37. The lowest BCUT2D eigenvalue weighted by Crippen LogP contribution is -2.40. The lowest BCUT2D eigenvalue weighted by molar-refractivity contribution is -0.143. The highest BCUT2D eigenvalue weighted by molar-refractivity contribution is 7.75. The highest BCUT2D eigenvalue weighted by atomic mass is 31.3. The molecule has 4 aromatic heterocycles. The van der Waals surface area contributed by atoms with Crippen molar-refractivity contribution in [1.82, 2.24) is 34.6 Å². The van der Waals surface area contributed by atoms with Crippen molar-refractivity contribution in [1.29, 1.82) is 0 Å². The Kier molecular flexibility index (Phi) is 35.3. The predicted molar refractivity (Wildman–Crippen MR) is 482 cm³/mol. The number of benzene rings is 4. The second-order valence-electron chi connectivity index (χ2n) is 33.6. The summed E-state index contributed by atoms with van der Waals surface area (Å²) in [6, 6.07) is 21.6. The van der Waals surface area contributed by atoms with Gasteiger partial charge in [0.2, 0.25) is 25.2 Å². The third-order valence-electron chi connectivity index (χ3n) is 22.0. The molecular formula is C83H93F4N7O44P8. The van der Waals surface area contributed by atoms with Crippen LogP contribution in [-0.4, -0.2) is 221 Å². The number of aliphatic hydroxyl groups is 4. The number of esters is 2. The van der Waals surface area contributed by atoms with Crippen LogP contribution in [0.25, 0.3) is 0 Å². The van der Waals surface area contributed by atoms with Gasteiger partial charge in [-0.05, 0) is 130 Å². The summed E-state index contributed by atoms with van der Waals surface area (Å²) in [5, 5.41) is 30.0. The number of hydrogen-bond donors (Lipinski definition) is 12. The first-order valence-electron chi connectivity index (χ1n) is 42.7. The lowest BCUT2D eigenvalue weighted by atomic mass is 10.1. The number of aromatic nitrogens is 4. The Balaban J connectivity index is 0.000000173. The molecule has 0 spiro atoms. The van der Waals surface area contributed by atoms with Crippen LogP contribution < -0.4 is 23.7 Å². The molecule has 0 saturated carbocycles. The summed E-state index contributed by atoms with van der Waals surface area (Å²) < 4.78 is 247. The van der Waals surface area contributed by atoms with Crippen molar-refractivity contribution in [3.63, 3.8) is 0 Å². The zero-order valence-electron chi connectivity index (χ0n) is 77.0. The maximum absolute atomic E-state index is 15.0. The van der Waals surface area contributed by atoms with E-state index in [0.717, 1.165) is 18.8 Å². The predicted octanol–water partition coefficient (Wildman–Crippen LogP) is 12.8. The number of amides is 4. The van der Waals surface area contributed by atoms with Crippen LogP contribution in [0.5, 0.6) is 28.7 Å². The fourth-order valence-corrected chi connectivity index (χ4v) is 29.0. The van der Waals surface area contributed by atoms with E-state index in [1.807, 2.05) is 0 Å². The standard InChI is InChI=1S/C22H24F2N2O11P2.C22H26N2O11P2.C20H20F2N2O11P2.C19H23NO11P2/c1-13(27)34-12-15-5-3-7-26(15)21(28)35-16-8-17(23)19(18(24)9-16)20-36-38(30,31)22(29,39(32,33)37-20)10-14-4-2-6-25-11-14;1-15(25)32-14-18-5-3-11-24(18)21(26)33-19-8-6-17(7-9-19)20-34-36(28,29)22(27,37(30,31)35-20)12-16-4-2-10-23-13-16;1-19(2)10-24(18(26)33-19)17(25)32-12-6-13(21)15(14(22)7-12)16-34-36(28,29)20(27,37(30,31)35-16)8-11-4-3-5-23-9-11;1-12(2)28-18(21)29-15-7-6-14(9-16(15)27-3)17-30-32(23,24)19(22,33(25,26)31-17)10-13-5-4-8-20-11-13/h2,4,6,8-9,11,15,20,29H,3,5,7,10,12H2,1H3,(H,30,31)(H,32,33);2,4,6-10,13,18,20,27H,3,5,11-12,14H2,1H3,(H,28,29)(H,30,31);3-7,9,16,27H,8,10H2,1-2H3,(H,28,29)(H,30,31);4-9,11-12,17,22H,10H2,1-3H3,(H,23,24)(H,25,26). The molecule has 10 atom stereocenters. The van der Waals surface area contributed by atoms with Crippen LogP contribution in [0, 0.1) is 23.3 Å². The molecule has 15 rings (SSSR count). The molecule has 51 nitrogen and oxygen atoms in total. The van der Waals surface area contributed by atoms with Gasteiger partial charge in [-0.3, -0.25) is 102 Å². The summed E-state index contributed by atoms with van der Waals surface area (Å²) in [4.78, 5) is 185.